The molecular weight excluding hydrogens is 865 g/mol. The lowest BCUT2D eigenvalue weighted by molar-refractivity contribution is 0.221. The van der Waals surface area contributed by atoms with Gasteiger partial charge in [-0.15, -0.1) is 0 Å². The molecule has 0 unspecified atom stereocenters. The van der Waals surface area contributed by atoms with Crippen LogP contribution >= 0.6 is 0 Å². The maximum absolute atomic E-state index is 12.1. The molecule has 4 atom stereocenters. The summed E-state index contributed by atoms with van der Waals surface area (Å²) >= 11 is 0. The standard InChI is InChI=1S/C56H40O12/c57-33-10-4-28(5-11-33)49-51(42-23-40(64)26-47-53(42)54(43-22-39(63)24-45(66)52(43)49)56(68-47)30-8-14-35(59)15-9-30)41-17-27(2-16-44(41)65)1-3-31-18-38(62)25-46-48(31)50(32-19-36(60)21-37(61)20-32)55(67-46)29-6-12-34(58)13-7-29/h1-26,49,51,54,56-66H/t49-,51+,54+,56-/m1/s1. The zero-order valence-electron chi connectivity index (χ0n) is 35.6. The van der Waals surface area contributed by atoms with Crippen LogP contribution in [-0.4, -0.2) is 51.1 Å². The van der Waals surface area contributed by atoms with Crippen LogP contribution in [0.1, 0.15) is 73.9 Å². The van der Waals surface area contributed by atoms with Gasteiger partial charge in [0.15, 0.2) is 0 Å². The second kappa shape index (κ2) is 15.8. The smallest absolute Gasteiger partial charge is 0.143 e. The number of phenolic OH excluding ortho intramolecular Hbond substituents is 10. The van der Waals surface area contributed by atoms with Gasteiger partial charge in [-0.05, 0) is 130 Å². The number of hydrogen-bond donors (Lipinski definition) is 10. The molecule has 8 aromatic carbocycles. The van der Waals surface area contributed by atoms with Crippen LogP contribution in [0.3, 0.4) is 0 Å². The van der Waals surface area contributed by atoms with E-state index >= 15 is 0 Å². The van der Waals surface area contributed by atoms with Gasteiger partial charge in [0.2, 0.25) is 0 Å². The average molecular weight is 905 g/mol. The molecule has 0 saturated carbocycles. The minimum Gasteiger partial charge on any atom is -0.508 e. The Labute approximate surface area is 387 Å². The number of furan rings is 1. The first-order chi connectivity index (χ1) is 32.8. The largest absolute Gasteiger partial charge is 0.508 e. The predicted octanol–water partition coefficient (Wildman–Crippen LogP) is 11.5. The van der Waals surface area contributed by atoms with Crippen molar-refractivity contribution in [1.29, 1.82) is 0 Å². The molecule has 1 aliphatic heterocycles. The molecule has 1 aromatic heterocycles. The van der Waals surface area contributed by atoms with Gasteiger partial charge in [0, 0.05) is 69.3 Å². The fourth-order valence-electron chi connectivity index (χ4n) is 10.2. The molecule has 12 heteroatoms. The summed E-state index contributed by atoms with van der Waals surface area (Å²) in [5.74, 6) is -2.75. The highest BCUT2D eigenvalue weighted by Gasteiger charge is 2.48. The van der Waals surface area contributed by atoms with Crippen molar-refractivity contribution in [2.75, 3.05) is 0 Å². The Morgan fingerprint density at radius 3 is 1.66 bits per heavy atom. The first kappa shape index (κ1) is 41.5. The van der Waals surface area contributed by atoms with Crippen molar-refractivity contribution in [1.82, 2.24) is 0 Å². The fraction of sp³-hybridized carbons (Fsp3) is 0.0714. The zero-order chi connectivity index (χ0) is 47.1. The molecule has 9 aromatic rings. The normalized spacial score (nSPS) is 17.2. The van der Waals surface area contributed by atoms with Crippen LogP contribution < -0.4 is 4.74 Å². The lowest BCUT2D eigenvalue weighted by Gasteiger charge is -2.31. The van der Waals surface area contributed by atoms with Crippen molar-refractivity contribution < 1.29 is 60.2 Å². The number of phenols is 10. The third kappa shape index (κ3) is 7.02. The Hall–Kier alpha value is -9.16. The maximum atomic E-state index is 12.1. The van der Waals surface area contributed by atoms with E-state index in [0.29, 0.717) is 83.7 Å². The van der Waals surface area contributed by atoms with Crippen molar-refractivity contribution in [2.45, 2.75) is 23.9 Å². The van der Waals surface area contributed by atoms with E-state index in [2.05, 4.69) is 0 Å². The third-order valence-corrected chi connectivity index (χ3v) is 13.0. The fourth-order valence-corrected chi connectivity index (χ4v) is 10.2. The Morgan fingerprint density at radius 2 is 0.985 bits per heavy atom. The van der Waals surface area contributed by atoms with Crippen LogP contribution in [0.2, 0.25) is 0 Å². The lowest BCUT2D eigenvalue weighted by Crippen LogP contribution is -2.16. The lowest BCUT2D eigenvalue weighted by atomic mass is 9.73. The molecule has 0 spiro atoms. The molecule has 1 aliphatic carbocycles. The molecule has 0 radical (unpaired) electrons. The van der Waals surface area contributed by atoms with Gasteiger partial charge in [0.05, 0.1) is 5.92 Å². The van der Waals surface area contributed by atoms with Crippen LogP contribution in [0.4, 0.5) is 0 Å². The van der Waals surface area contributed by atoms with Gasteiger partial charge in [-0.3, -0.25) is 0 Å². The first-order valence-corrected chi connectivity index (χ1v) is 21.6. The summed E-state index contributed by atoms with van der Waals surface area (Å²) in [6.45, 7) is 0. The van der Waals surface area contributed by atoms with E-state index in [1.54, 1.807) is 84.9 Å². The molecule has 336 valence electrons. The van der Waals surface area contributed by atoms with Crippen molar-refractivity contribution in [2.24, 2.45) is 0 Å². The maximum Gasteiger partial charge on any atom is 0.143 e. The van der Waals surface area contributed by atoms with Crippen LogP contribution in [-0.2, 0) is 0 Å². The predicted molar refractivity (Wildman–Crippen MR) is 254 cm³/mol. The third-order valence-electron chi connectivity index (χ3n) is 13.0. The second-order valence-corrected chi connectivity index (χ2v) is 17.2. The van der Waals surface area contributed by atoms with Gasteiger partial charge in [0.25, 0.3) is 0 Å². The minimum atomic E-state index is -0.866. The summed E-state index contributed by atoms with van der Waals surface area (Å²) in [6, 6.07) is 37.5. The van der Waals surface area contributed by atoms with E-state index in [4.69, 9.17) is 9.15 Å². The van der Waals surface area contributed by atoms with Crippen molar-refractivity contribution in [3.63, 3.8) is 0 Å². The molecule has 0 amide bonds. The zero-order valence-corrected chi connectivity index (χ0v) is 35.6. The number of rotatable bonds is 7. The van der Waals surface area contributed by atoms with E-state index < -0.39 is 23.9 Å². The number of benzene rings is 8. The summed E-state index contributed by atoms with van der Waals surface area (Å²) in [5, 5.41) is 110. The Balaban J connectivity index is 1.13. The van der Waals surface area contributed by atoms with Gasteiger partial charge in [0.1, 0.15) is 80.7 Å². The summed E-state index contributed by atoms with van der Waals surface area (Å²) in [4.78, 5) is 0. The van der Waals surface area contributed by atoms with Gasteiger partial charge in [-0.25, -0.2) is 0 Å². The van der Waals surface area contributed by atoms with Gasteiger partial charge in [-0.1, -0.05) is 42.5 Å². The van der Waals surface area contributed by atoms with Crippen LogP contribution in [0.5, 0.6) is 63.2 Å². The van der Waals surface area contributed by atoms with E-state index in [9.17, 15) is 51.1 Å². The Morgan fingerprint density at radius 1 is 0.397 bits per heavy atom. The summed E-state index contributed by atoms with van der Waals surface area (Å²) < 4.78 is 13.1. The van der Waals surface area contributed by atoms with Crippen molar-refractivity contribution >= 4 is 23.1 Å². The second-order valence-electron chi connectivity index (χ2n) is 17.2. The van der Waals surface area contributed by atoms with Crippen LogP contribution in [0.25, 0.3) is 45.6 Å². The average Bonchev–Trinajstić information content (AvgIpc) is 3.84. The summed E-state index contributed by atoms with van der Waals surface area (Å²) in [6.07, 6.45) is 2.79. The number of hydrogen-bond acceptors (Lipinski definition) is 12. The first-order valence-electron chi connectivity index (χ1n) is 21.6. The molecule has 10 N–H and O–H groups in total. The highest BCUT2D eigenvalue weighted by Crippen LogP contribution is 2.63. The van der Waals surface area contributed by atoms with Crippen LogP contribution in [0.15, 0.2) is 150 Å². The van der Waals surface area contributed by atoms with Crippen LogP contribution in [0, 0.1) is 0 Å². The molecule has 12 nitrogen and oxygen atoms in total. The molecule has 68 heavy (non-hydrogen) atoms. The van der Waals surface area contributed by atoms with E-state index in [-0.39, 0.29) is 63.1 Å². The molecule has 2 aliphatic rings. The topological polar surface area (TPSA) is 225 Å². The van der Waals surface area contributed by atoms with E-state index in [1.807, 2.05) is 0 Å². The Bertz CT molecular complexity index is 3480. The number of fused-ring (bicyclic) bond motifs is 3. The highest BCUT2D eigenvalue weighted by atomic mass is 16.5. The van der Waals surface area contributed by atoms with E-state index in [1.165, 1.54) is 72.8 Å². The molecule has 0 bridgehead atoms. The molecular formula is C56H40O12. The van der Waals surface area contributed by atoms with Crippen molar-refractivity contribution in [3.05, 3.63) is 196 Å². The monoisotopic (exact) mass is 904 g/mol. The highest BCUT2D eigenvalue weighted by molar-refractivity contribution is 6.07. The molecule has 0 saturated heterocycles. The van der Waals surface area contributed by atoms with Gasteiger partial charge < -0.3 is 60.2 Å². The summed E-state index contributed by atoms with van der Waals surface area (Å²) in [7, 11) is 0. The molecule has 11 rings (SSSR count). The van der Waals surface area contributed by atoms with Gasteiger partial charge in [-0.2, -0.15) is 0 Å². The Kier molecular flexibility index (Phi) is 9.64. The van der Waals surface area contributed by atoms with Gasteiger partial charge >= 0.3 is 0 Å². The van der Waals surface area contributed by atoms with E-state index in [0.717, 1.165) is 0 Å². The molecule has 0 fully saturated rings. The number of ether oxygens (including phenoxy) is 1. The minimum absolute atomic E-state index is 0.00191. The quantitative estimate of drug-likeness (QED) is 0.0675. The SMILES string of the molecule is Oc1ccc(-c2oc3cc(O)cc(C=Cc4ccc(O)c([C@H]5c6cc(O)cc7c6[C@H](c6cc(O)cc(O)c6[C@@H]5c5ccc(O)cc5)[C@@H](c5ccc(O)cc5)O7)c4)c3c2-c2cc(O)cc(O)c2)cc1. The summed E-state index contributed by atoms with van der Waals surface area (Å²) in [5.41, 5.74) is 6.68. The molecule has 2 heterocycles. The number of aromatic hydroxyl groups is 10. The van der Waals surface area contributed by atoms with Crippen molar-refractivity contribution in [3.8, 4) is 85.7 Å².